The molecule has 5 nitrogen and oxygen atoms in total. The van der Waals surface area contributed by atoms with E-state index >= 15 is 4.39 Å². The van der Waals surface area contributed by atoms with Gasteiger partial charge in [0.1, 0.15) is 11.4 Å². The molecular formula is C26H37BFNO4. The van der Waals surface area contributed by atoms with Gasteiger partial charge < -0.3 is 18.9 Å². The Morgan fingerprint density at radius 2 is 1.79 bits per heavy atom. The summed E-state index contributed by atoms with van der Waals surface area (Å²) in [5, 5.41) is 0. The molecule has 1 unspecified atom stereocenters. The number of hydrogen-bond acceptors (Lipinski definition) is 4. The number of halogens is 1. The Morgan fingerprint density at radius 1 is 1.12 bits per heavy atom. The molecule has 1 aromatic carbocycles. The highest BCUT2D eigenvalue weighted by Gasteiger charge is 2.52. The molecule has 1 spiro atoms. The second-order valence-corrected chi connectivity index (χ2v) is 11.9. The number of allylic oxidation sites excluding steroid dienone is 2. The van der Waals surface area contributed by atoms with E-state index in [1.54, 1.807) is 12.1 Å². The fourth-order valence-electron chi connectivity index (χ4n) is 4.88. The highest BCUT2D eigenvalue weighted by Crippen LogP contribution is 2.45. The second-order valence-electron chi connectivity index (χ2n) is 11.9. The molecule has 33 heavy (non-hydrogen) atoms. The Kier molecular flexibility index (Phi) is 5.98. The Morgan fingerprint density at radius 3 is 2.33 bits per heavy atom. The molecule has 2 fully saturated rings. The van der Waals surface area contributed by atoms with Crippen LogP contribution in [0.4, 0.5) is 9.18 Å². The Labute approximate surface area is 197 Å². The molecule has 7 heteroatoms. The van der Waals surface area contributed by atoms with Gasteiger partial charge in [0.05, 0.1) is 11.2 Å². The monoisotopic (exact) mass is 457 g/mol. The van der Waals surface area contributed by atoms with E-state index in [2.05, 4.69) is 6.08 Å². The fourth-order valence-corrected chi connectivity index (χ4v) is 4.88. The number of hydrogen-bond donors (Lipinski definition) is 0. The van der Waals surface area contributed by atoms with Gasteiger partial charge in [0.15, 0.2) is 0 Å². The van der Waals surface area contributed by atoms with Crippen molar-refractivity contribution in [3.63, 3.8) is 0 Å². The number of likely N-dealkylation sites (tertiary alicyclic amines) is 1. The summed E-state index contributed by atoms with van der Waals surface area (Å²) >= 11 is 0. The van der Waals surface area contributed by atoms with E-state index in [1.165, 1.54) is 0 Å². The van der Waals surface area contributed by atoms with Crippen molar-refractivity contribution in [3.05, 3.63) is 35.7 Å². The van der Waals surface area contributed by atoms with Crippen molar-refractivity contribution in [2.45, 2.75) is 91.0 Å². The van der Waals surface area contributed by atoms with Gasteiger partial charge in [-0.05, 0) is 96.8 Å². The first-order valence-electron chi connectivity index (χ1n) is 12.0. The standard InChI is InChI=1S/C26H37BFNO4/c1-23(2,3)31-22(30)29-15-14-26(17-29)12-10-18(11-13-26)19-8-9-20(21(28)16-19)27-32-24(4,5)25(6,7)33-27/h8-10,16H,11-15,17H2,1-7H3. The lowest BCUT2D eigenvalue weighted by Gasteiger charge is -2.33. The zero-order valence-corrected chi connectivity index (χ0v) is 21.1. The van der Waals surface area contributed by atoms with Crippen LogP contribution in [-0.4, -0.2) is 48.0 Å². The van der Waals surface area contributed by atoms with Gasteiger partial charge in [0.25, 0.3) is 0 Å². The maximum Gasteiger partial charge on any atom is 0.497 e. The predicted molar refractivity (Wildman–Crippen MR) is 129 cm³/mol. The van der Waals surface area contributed by atoms with E-state index in [1.807, 2.05) is 59.4 Å². The molecular weight excluding hydrogens is 420 g/mol. The molecule has 0 saturated carbocycles. The van der Waals surface area contributed by atoms with Crippen LogP contribution in [-0.2, 0) is 14.0 Å². The lowest BCUT2D eigenvalue weighted by molar-refractivity contribution is 0.00578. The first-order valence-corrected chi connectivity index (χ1v) is 12.0. The van der Waals surface area contributed by atoms with Crippen molar-refractivity contribution in [1.82, 2.24) is 4.90 Å². The number of carbonyl (C=O) groups excluding carboxylic acids is 1. The lowest BCUT2D eigenvalue weighted by atomic mass is 9.72. The zero-order valence-electron chi connectivity index (χ0n) is 21.1. The van der Waals surface area contributed by atoms with Gasteiger partial charge in [-0.25, -0.2) is 9.18 Å². The molecule has 180 valence electrons. The van der Waals surface area contributed by atoms with Gasteiger partial charge in [0, 0.05) is 18.6 Å². The van der Waals surface area contributed by atoms with Crippen LogP contribution in [0.15, 0.2) is 24.3 Å². The van der Waals surface area contributed by atoms with E-state index in [-0.39, 0.29) is 17.3 Å². The van der Waals surface area contributed by atoms with Crippen LogP contribution in [0.3, 0.4) is 0 Å². The summed E-state index contributed by atoms with van der Waals surface area (Å²) in [6, 6.07) is 5.36. The van der Waals surface area contributed by atoms with Crippen LogP contribution in [0.1, 0.15) is 79.7 Å². The molecule has 0 aromatic heterocycles. The number of benzene rings is 1. The summed E-state index contributed by atoms with van der Waals surface area (Å²) in [6.07, 6.45) is 5.73. The normalized spacial score (nSPS) is 26.6. The summed E-state index contributed by atoms with van der Waals surface area (Å²) < 4.78 is 32.7. The van der Waals surface area contributed by atoms with Gasteiger partial charge in [-0.15, -0.1) is 0 Å². The van der Waals surface area contributed by atoms with Crippen LogP contribution in [0.2, 0.25) is 0 Å². The molecule has 1 atom stereocenters. The minimum Gasteiger partial charge on any atom is -0.444 e. The molecule has 1 aromatic rings. The molecule has 2 heterocycles. The third-order valence-electron chi connectivity index (χ3n) is 7.67. The van der Waals surface area contributed by atoms with Gasteiger partial charge in [-0.1, -0.05) is 18.2 Å². The van der Waals surface area contributed by atoms with Crippen LogP contribution in [0.5, 0.6) is 0 Å². The van der Waals surface area contributed by atoms with E-state index in [9.17, 15) is 4.79 Å². The summed E-state index contributed by atoms with van der Waals surface area (Å²) in [4.78, 5) is 14.3. The maximum atomic E-state index is 15.1. The van der Waals surface area contributed by atoms with E-state index < -0.39 is 23.9 Å². The Hall–Kier alpha value is -1.86. The second kappa shape index (κ2) is 8.12. The summed E-state index contributed by atoms with van der Waals surface area (Å²) in [7, 11) is -0.704. The average Bonchev–Trinajstić information content (AvgIpc) is 3.19. The lowest BCUT2D eigenvalue weighted by Crippen LogP contribution is -2.41. The smallest absolute Gasteiger partial charge is 0.444 e. The quantitative estimate of drug-likeness (QED) is 0.564. The minimum absolute atomic E-state index is 0.0988. The average molecular weight is 457 g/mol. The number of amides is 1. The van der Waals surface area contributed by atoms with Crippen LogP contribution < -0.4 is 5.46 Å². The first kappa shape index (κ1) is 24.3. The van der Waals surface area contributed by atoms with Crippen molar-refractivity contribution in [1.29, 1.82) is 0 Å². The number of carbonyl (C=O) groups is 1. The minimum atomic E-state index is -0.704. The molecule has 2 saturated heterocycles. The van der Waals surface area contributed by atoms with E-state index in [0.29, 0.717) is 5.46 Å². The van der Waals surface area contributed by atoms with E-state index in [0.717, 1.165) is 49.9 Å². The van der Waals surface area contributed by atoms with Crippen LogP contribution in [0.25, 0.3) is 5.57 Å². The van der Waals surface area contributed by atoms with Crippen LogP contribution in [0, 0.1) is 11.2 Å². The molecule has 0 radical (unpaired) electrons. The molecule has 1 amide bonds. The van der Waals surface area contributed by atoms with Crippen molar-refractivity contribution in [3.8, 4) is 0 Å². The molecule has 1 aliphatic carbocycles. The molecule has 2 aliphatic heterocycles. The van der Waals surface area contributed by atoms with Crippen molar-refractivity contribution in [2.24, 2.45) is 5.41 Å². The predicted octanol–water partition coefficient (Wildman–Crippen LogP) is 5.32. The third kappa shape index (κ3) is 4.85. The van der Waals surface area contributed by atoms with E-state index in [4.69, 9.17) is 14.0 Å². The van der Waals surface area contributed by atoms with Gasteiger partial charge >= 0.3 is 13.2 Å². The third-order valence-corrected chi connectivity index (χ3v) is 7.67. The van der Waals surface area contributed by atoms with Crippen molar-refractivity contribution < 1.29 is 23.2 Å². The topological polar surface area (TPSA) is 48.0 Å². The molecule has 0 N–H and O–H groups in total. The first-order chi connectivity index (χ1) is 15.2. The molecule has 4 rings (SSSR count). The maximum absolute atomic E-state index is 15.1. The van der Waals surface area contributed by atoms with Crippen molar-refractivity contribution >= 4 is 24.2 Å². The SMILES string of the molecule is CC(C)(C)OC(=O)N1CCC2(CC=C(c3ccc(B4OC(C)(C)C(C)(C)O4)c(F)c3)CC2)C1. The van der Waals surface area contributed by atoms with Gasteiger partial charge in [-0.3, -0.25) is 0 Å². The van der Waals surface area contributed by atoms with Gasteiger partial charge in [-0.2, -0.15) is 0 Å². The largest absolute Gasteiger partial charge is 0.497 e. The zero-order chi connectivity index (χ0) is 24.2. The summed E-state index contributed by atoms with van der Waals surface area (Å²) in [6.45, 7) is 15.0. The van der Waals surface area contributed by atoms with Crippen molar-refractivity contribution in [2.75, 3.05) is 13.1 Å². The molecule has 0 bridgehead atoms. The van der Waals surface area contributed by atoms with Gasteiger partial charge in [0.2, 0.25) is 0 Å². The summed E-state index contributed by atoms with van der Waals surface area (Å²) in [5.41, 5.74) is 1.12. The Balaban J connectivity index is 1.43. The fraction of sp³-hybridized carbons (Fsp3) is 0.654. The summed E-state index contributed by atoms with van der Waals surface area (Å²) in [5.74, 6) is -0.302. The molecule has 3 aliphatic rings. The number of rotatable bonds is 2. The highest BCUT2D eigenvalue weighted by atomic mass is 19.1. The van der Waals surface area contributed by atoms with Crippen LogP contribution >= 0.6 is 0 Å². The number of nitrogens with zero attached hydrogens (tertiary/aromatic N) is 1. The Bertz CT molecular complexity index is 952. The highest BCUT2D eigenvalue weighted by molar-refractivity contribution is 6.62. The number of ether oxygens (including phenoxy) is 1.